The summed E-state index contributed by atoms with van der Waals surface area (Å²) < 4.78 is 8.92. The van der Waals surface area contributed by atoms with E-state index >= 15 is 0 Å². The zero-order chi connectivity index (χ0) is 39.3. The summed E-state index contributed by atoms with van der Waals surface area (Å²) in [6, 6.07) is 68.5. The Balaban J connectivity index is 1.18. The minimum atomic E-state index is 0.547. The molecule has 0 aliphatic carbocycles. The van der Waals surface area contributed by atoms with Crippen LogP contribution in [0.4, 0.5) is 0 Å². The number of para-hydroxylation sites is 1. The summed E-state index contributed by atoms with van der Waals surface area (Å²) in [7, 11) is 0. The molecule has 0 unspecified atom stereocenters. The molecular weight excluding hydrogens is 733 g/mol. The third-order valence-corrected chi connectivity index (χ3v) is 12.2. The normalized spacial score (nSPS) is 12.0. The molecule has 3 heterocycles. The van der Waals surface area contributed by atoms with Gasteiger partial charge in [0.2, 0.25) is 5.95 Å². The van der Waals surface area contributed by atoms with Crippen LogP contribution in [0.25, 0.3) is 127 Å². The Kier molecular flexibility index (Phi) is 6.95. The van der Waals surface area contributed by atoms with Crippen molar-refractivity contribution in [1.82, 2.24) is 19.5 Å². The predicted octanol–water partition coefficient (Wildman–Crippen LogP) is 14.5. The number of hydrogen-bond donors (Lipinski definition) is 0. The lowest BCUT2D eigenvalue weighted by atomic mass is 9.97. The largest absolute Gasteiger partial charge is 0.455 e. The van der Waals surface area contributed by atoms with Crippen LogP contribution in [-0.2, 0) is 0 Å². The first-order valence-corrected chi connectivity index (χ1v) is 20.3. The minimum absolute atomic E-state index is 0.547. The second-order valence-corrected chi connectivity index (χ2v) is 15.5. The van der Waals surface area contributed by atoms with Crippen molar-refractivity contribution in [3.63, 3.8) is 0 Å². The van der Waals surface area contributed by atoms with Crippen LogP contribution in [0, 0.1) is 0 Å². The summed E-state index contributed by atoms with van der Waals surface area (Å²) >= 11 is 0. The Morgan fingerprint density at radius 2 is 0.917 bits per heavy atom. The summed E-state index contributed by atoms with van der Waals surface area (Å²) in [5, 5.41) is 13.4. The van der Waals surface area contributed by atoms with Crippen LogP contribution < -0.4 is 0 Å². The number of nitrogens with zero attached hydrogens (tertiary/aromatic N) is 4. The van der Waals surface area contributed by atoms with Crippen LogP contribution in [0.15, 0.2) is 199 Å². The first-order chi connectivity index (χ1) is 29.7. The van der Waals surface area contributed by atoms with Crippen molar-refractivity contribution in [3.05, 3.63) is 194 Å². The van der Waals surface area contributed by atoms with E-state index in [1.807, 2.05) is 12.1 Å². The Bertz CT molecular complexity index is 3810. The molecule has 60 heavy (non-hydrogen) atoms. The lowest BCUT2D eigenvalue weighted by Gasteiger charge is -2.14. The van der Waals surface area contributed by atoms with Crippen molar-refractivity contribution in [2.24, 2.45) is 0 Å². The van der Waals surface area contributed by atoms with Gasteiger partial charge in [0.15, 0.2) is 11.6 Å². The minimum Gasteiger partial charge on any atom is -0.455 e. The highest BCUT2D eigenvalue weighted by Crippen LogP contribution is 2.43. The molecule has 0 fully saturated rings. The fourth-order valence-corrected chi connectivity index (χ4v) is 9.48. The van der Waals surface area contributed by atoms with Gasteiger partial charge >= 0.3 is 0 Å². The summed E-state index contributed by atoms with van der Waals surface area (Å²) in [6.45, 7) is 0. The molecule has 13 rings (SSSR count). The van der Waals surface area contributed by atoms with Gasteiger partial charge in [0.05, 0.1) is 11.0 Å². The number of fused-ring (bicyclic) bond motifs is 13. The van der Waals surface area contributed by atoms with Crippen molar-refractivity contribution in [3.8, 4) is 39.9 Å². The first kappa shape index (κ1) is 32.9. The number of benzene rings is 10. The molecule has 0 N–H and O–H groups in total. The van der Waals surface area contributed by atoms with Gasteiger partial charge in [-0.15, -0.1) is 0 Å². The second-order valence-electron chi connectivity index (χ2n) is 15.5. The van der Waals surface area contributed by atoms with Gasteiger partial charge < -0.3 is 4.42 Å². The highest BCUT2D eigenvalue weighted by Gasteiger charge is 2.24. The van der Waals surface area contributed by atoms with E-state index in [1.165, 1.54) is 32.3 Å². The van der Waals surface area contributed by atoms with Gasteiger partial charge in [-0.25, -0.2) is 4.98 Å². The Labute approximate surface area is 343 Å². The lowest BCUT2D eigenvalue weighted by molar-refractivity contribution is 0.672. The molecule has 0 amide bonds. The molecule has 0 aliphatic heterocycles. The van der Waals surface area contributed by atoms with E-state index in [2.05, 4.69) is 187 Å². The zero-order valence-corrected chi connectivity index (χ0v) is 32.2. The number of furan rings is 1. The molecule has 0 saturated heterocycles. The summed E-state index contributed by atoms with van der Waals surface area (Å²) in [6.07, 6.45) is 0. The van der Waals surface area contributed by atoms with E-state index in [9.17, 15) is 0 Å². The molecule has 0 saturated carbocycles. The van der Waals surface area contributed by atoms with E-state index in [0.29, 0.717) is 17.6 Å². The van der Waals surface area contributed by atoms with E-state index in [0.717, 1.165) is 76.8 Å². The smallest absolute Gasteiger partial charge is 0.238 e. The first-order valence-electron chi connectivity index (χ1n) is 20.3. The predicted molar refractivity (Wildman–Crippen MR) is 248 cm³/mol. The van der Waals surface area contributed by atoms with Crippen LogP contribution in [0.3, 0.4) is 0 Å². The number of hydrogen-bond acceptors (Lipinski definition) is 4. The van der Waals surface area contributed by atoms with Crippen molar-refractivity contribution < 1.29 is 4.42 Å². The van der Waals surface area contributed by atoms with Crippen molar-refractivity contribution >= 4 is 86.8 Å². The molecule has 13 aromatic rings. The van der Waals surface area contributed by atoms with Crippen LogP contribution in [0.1, 0.15) is 0 Å². The monoisotopic (exact) mass is 764 g/mol. The van der Waals surface area contributed by atoms with Crippen LogP contribution in [0.2, 0.25) is 0 Å². The van der Waals surface area contributed by atoms with Crippen molar-refractivity contribution in [1.29, 1.82) is 0 Å². The maximum absolute atomic E-state index is 6.68. The highest BCUT2D eigenvalue weighted by atomic mass is 16.3. The standard InChI is InChI=1S/C55H32N4O/c1-2-13-33(14-3-1)37-26-25-36-18-12-23-42(44(36)31-37)53-56-54(45-32-38-17-6-9-21-41(38)52-49(45)43-22-10-11-24-48(43)60-52)58-55(57-53)59-46-29-27-34-15-4-7-19-39(34)50(46)51-40-20-8-5-16-35(40)28-30-47(51)59/h1-32H. The quantitative estimate of drug-likeness (QED) is 0.179. The SMILES string of the molecule is c1ccc(-c2ccc3cccc(-c4nc(-c5cc6ccccc6c6oc7ccccc7c56)nc(-n5c6ccc7ccccc7c6c6c7ccccc7ccc65)n4)c3c2)cc1. The van der Waals surface area contributed by atoms with Gasteiger partial charge in [0, 0.05) is 38.1 Å². The number of aromatic nitrogens is 4. The van der Waals surface area contributed by atoms with Crippen molar-refractivity contribution in [2.45, 2.75) is 0 Å². The number of rotatable bonds is 4. The summed E-state index contributed by atoms with van der Waals surface area (Å²) in [4.78, 5) is 16.5. The average Bonchev–Trinajstić information content (AvgIpc) is 3.88. The molecule has 0 bridgehead atoms. The lowest BCUT2D eigenvalue weighted by Crippen LogP contribution is -2.07. The Morgan fingerprint density at radius 1 is 0.350 bits per heavy atom. The Hall–Kier alpha value is -8.15. The van der Waals surface area contributed by atoms with Gasteiger partial charge in [-0.2, -0.15) is 9.97 Å². The second kappa shape index (κ2) is 12.7. The van der Waals surface area contributed by atoms with E-state index in [4.69, 9.17) is 19.4 Å². The maximum atomic E-state index is 6.68. The molecule has 0 radical (unpaired) electrons. The van der Waals surface area contributed by atoms with Gasteiger partial charge in [-0.1, -0.05) is 164 Å². The van der Waals surface area contributed by atoms with E-state index < -0.39 is 0 Å². The fraction of sp³-hybridized carbons (Fsp3) is 0. The third-order valence-electron chi connectivity index (χ3n) is 12.2. The van der Waals surface area contributed by atoms with Crippen LogP contribution >= 0.6 is 0 Å². The summed E-state index contributed by atoms with van der Waals surface area (Å²) in [5.74, 6) is 1.72. The van der Waals surface area contributed by atoms with Crippen molar-refractivity contribution in [2.75, 3.05) is 0 Å². The van der Waals surface area contributed by atoms with Gasteiger partial charge in [0.1, 0.15) is 11.2 Å². The molecule has 0 atom stereocenters. The summed E-state index contributed by atoms with van der Waals surface area (Å²) in [5.41, 5.74) is 7.81. The molecule has 0 spiro atoms. The van der Waals surface area contributed by atoms with Gasteiger partial charge in [-0.05, 0) is 79.2 Å². The molecule has 10 aromatic carbocycles. The zero-order valence-electron chi connectivity index (χ0n) is 32.2. The molecule has 0 aliphatic rings. The molecule has 3 aromatic heterocycles. The van der Waals surface area contributed by atoms with Crippen LogP contribution in [0.5, 0.6) is 0 Å². The molecule has 278 valence electrons. The molecule has 5 heteroatoms. The van der Waals surface area contributed by atoms with Gasteiger partial charge in [-0.3, -0.25) is 4.57 Å². The van der Waals surface area contributed by atoms with Crippen LogP contribution in [-0.4, -0.2) is 19.5 Å². The average molecular weight is 765 g/mol. The Morgan fingerprint density at radius 3 is 1.65 bits per heavy atom. The van der Waals surface area contributed by atoms with Gasteiger partial charge in [0.25, 0.3) is 0 Å². The topological polar surface area (TPSA) is 56.7 Å². The van der Waals surface area contributed by atoms with E-state index in [1.54, 1.807) is 0 Å². The maximum Gasteiger partial charge on any atom is 0.238 e. The third kappa shape index (κ3) is 4.84. The molecule has 5 nitrogen and oxygen atoms in total. The van der Waals surface area contributed by atoms with E-state index in [-0.39, 0.29) is 0 Å². The fourth-order valence-electron chi connectivity index (χ4n) is 9.48. The molecular formula is C55H32N4O. The highest BCUT2D eigenvalue weighted by molar-refractivity contribution is 6.28.